The predicted molar refractivity (Wildman–Crippen MR) is 127 cm³/mol. The van der Waals surface area contributed by atoms with E-state index in [1.165, 1.54) is 0 Å². The first-order valence-corrected chi connectivity index (χ1v) is 11.7. The zero-order valence-electron chi connectivity index (χ0n) is 17.8. The number of primary amides is 1. The summed E-state index contributed by atoms with van der Waals surface area (Å²) in [5, 5.41) is 9.17. The van der Waals surface area contributed by atoms with Crippen molar-refractivity contribution in [2.75, 3.05) is 11.1 Å². The minimum Gasteiger partial charge on any atom is -0.489 e. The number of ether oxygens (including phenoxy) is 1. The maximum atomic E-state index is 12.4. The van der Waals surface area contributed by atoms with Crippen molar-refractivity contribution in [3.05, 3.63) is 76.0 Å². The van der Waals surface area contributed by atoms with Gasteiger partial charge in [-0.1, -0.05) is 54.6 Å². The van der Waals surface area contributed by atoms with Crippen molar-refractivity contribution >= 4 is 35.2 Å². The van der Waals surface area contributed by atoms with E-state index in [1.54, 1.807) is 16.4 Å². The van der Waals surface area contributed by atoms with E-state index in [9.17, 15) is 4.79 Å². The van der Waals surface area contributed by atoms with Crippen molar-refractivity contribution in [2.45, 2.75) is 38.1 Å². The van der Waals surface area contributed by atoms with Gasteiger partial charge in [0, 0.05) is 16.5 Å². The van der Waals surface area contributed by atoms with Gasteiger partial charge in [0.25, 0.3) is 0 Å². The van der Waals surface area contributed by atoms with E-state index in [0.717, 1.165) is 23.3 Å². The van der Waals surface area contributed by atoms with Gasteiger partial charge < -0.3 is 15.8 Å². The molecule has 9 heteroatoms. The number of anilines is 1. The predicted octanol–water partition coefficient (Wildman–Crippen LogP) is 4.79. The lowest BCUT2D eigenvalue weighted by Crippen LogP contribution is -2.31. The molecule has 32 heavy (non-hydrogen) atoms. The van der Waals surface area contributed by atoms with Crippen LogP contribution in [0.3, 0.4) is 0 Å². The van der Waals surface area contributed by atoms with Crippen molar-refractivity contribution < 1.29 is 9.53 Å². The lowest BCUT2D eigenvalue weighted by atomic mass is 9.95. The number of halogens is 1. The van der Waals surface area contributed by atoms with Crippen LogP contribution in [-0.4, -0.2) is 26.4 Å². The Kier molecular flexibility index (Phi) is 6.72. The number of nitrogens with zero attached hydrogens (tertiary/aromatic N) is 3. The van der Waals surface area contributed by atoms with E-state index in [1.807, 2.05) is 55.5 Å². The molecule has 1 aliphatic rings. The van der Waals surface area contributed by atoms with Crippen molar-refractivity contribution in [2.24, 2.45) is 5.73 Å². The molecule has 4 rings (SSSR count). The standard InChI is InChI=1S/C23H24ClN5O2S/c1-3-11-32-23-27-22-26-14(2)19(21(25)30)20(29(22)28-23)16-5-4-6-18(12-16)31-13-15-7-9-17(24)10-8-15/h4-10,12,20H,3,11,13H2,1-2H3,(H2,25,30)(H,26,27,28). The highest BCUT2D eigenvalue weighted by Gasteiger charge is 2.33. The molecule has 2 heterocycles. The second-order valence-electron chi connectivity index (χ2n) is 7.43. The van der Waals surface area contributed by atoms with E-state index < -0.39 is 11.9 Å². The van der Waals surface area contributed by atoms with E-state index in [2.05, 4.69) is 22.3 Å². The zero-order valence-corrected chi connectivity index (χ0v) is 19.4. The third-order valence-electron chi connectivity index (χ3n) is 5.03. The van der Waals surface area contributed by atoms with Crippen LogP contribution in [0.15, 0.2) is 65.0 Å². The summed E-state index contributed by atoms with van der Waals surface area (Å²) >= 11 is 7.53. The molecule has 0 fully saturated rings. The molecule has 1 aromatic heterocycles. The number of carbonyl (C=O) groups is 1. The Morgan fingerprint density at radius 1 is 1.28 bits per heavy atom. The molecule has 1 atom stereocenters. The summed E-state index contributed by atoms with van der Waals surface area (Å²) in [5.74, 6) is 1.68. The van der Waals surface area contributed by atoms with Gasteiger partial charge in [-0.3, -0.25) is 4.79 Å². The minimum absolute atomic E-state index is 0.400. The van der Waals surface area contributed by atoms with Crippen LogP contribution in [0.25, 0.3) is 0 Å². The fraction of sp³-hybridized carbons (Fsp3) is 0.261. The Morgan fingerprint density at radius 3 is 2.78 bits per heavy atom. The Bertz CT molecular complexity index is 1160. The largest absolute Gasteiger partial charge is 0.489 e. The van der Waals surface area contributed by atoms with Crippen molar-refractivity contribution in [3.63, 3.8) is 0 Å². The summed E-state index contributed by atoms with van der Waals surface area (Å²) in [7, 11) is 0. The van der Waals surface area contributed by atoms with E-state index in [4.69, 9.17) is 22.1 Å². The second kappa shape index (κ2) is 9.67. The van der Waals surface area contributed by atoms with Gasteiger partial charge >= 0.3 is 0 Å². The molecule has 1 unspecified atom stereocenters. The number of amides is 1. The summed E-state index contributed by atoms with van der Waals surface area (Å²) < 4.78 is 7.72. The van der Waals surface area contributed by atoms with Gasteiger partial charge in [0.15, 0.2) is 0 Å². The highest BCUT2D eigenvalue weighted by molar-refractivity contribution is 7.99. The van der Waals surface area contributed by atoms with Crippen molar-refractivity contribution in [1.29, 1.82) is 0 Å². The maximum Gasteiger partial charge on any atom is 0.248 e. The normalized spacial score (nSPS) is 15.3. The molecule has 1 amide bonds. The molecular weight excluding hydrogens is 446 g/mol. The smallest absolute Gasteiger partial charge is 0.248 e. The molecule has 0 radical (unpaired) electrons. The average Bonchev–Trinajstić information content (AvgIpc) is 3.18. The number of aromatic nitrogens is 3. The number of carbonyl (C=O) groups excluding carboxylic acids is 1. The maximum absolute atomic E-state index is 12.4. The van der Waals surface area contributed by atoms with Crippen molar-refractivity contribution in [1.82, 2.24) is 14.8 Å². The van der Waals surface area contributed by atoms with Gasteiger partial charge in [0.2, 0.25) is 17.0 Å². The lowest BCUT2D eigenvalue weighted by Gasteiger charge is -2.27. The summed E-state index contributed by atoms with van der Waals surface area (Å²) in [6.45, 7) is 4.33. The Hall–Kier alpha value is -2.97. The number of hydrogen-bond donors (Lipinski definition) is 2. The molecule has 166 valence electrons. The molecule has 2 aromatic carbocycles. The highest BCUT2D eigenvalue weighted by Crippen LogP contribution is 2.37. The van der Waals surface area contributed by atoms with Crippen LogP contribution in [0.5, 0.6) is 5.75 Å². The number of fused-ring (bicyclic) bond motifs is 1. The number of thioether (sulfide) groups is 1. The average molecular weight is 470 g/mol. The van der Waals surface area contributed by atoms with Crippen molar-refractivity contribution in [3.8, 4) is 5.75 Å². The Balaban J connectivity index is 1.66. The minimum atomic E-state index is -0.503. The van der Waals surface area contributed by atoms with Crippen LogP contribution in [0.1, 0.15) is 37.4 Å². The third-order valence-corrected chi connectivity index (χ3v) is 6.32. The number of hydrogen-bond acceptors (Lipinski definition) is 6. The monoisotopic (exact) mass is 469 g/mol. The summed E-state index contributed by atoms with van der Waals surface area (Å²) in [6, 6.07) is 14.6. The van der Waals surface area contributed by atoms with E-state index >= 15 is 0 Å². The van der Waals surface area contributed by atoms with Gasteiger partial charge in [-0.15, -0.1) is 5.10 Å². The SMILES string of the molecule is CCCSc1nc2n(n1)C(c1cccc(OCc3ccc(Cl)cc3)c1)C(C(N)=O)=C(C)N2. The lowest BCUT2D eigenvalue weighted by molar-refractivity contribution is -0.115. The molecule has 0 saturated heterocycles. The van der Waals surface area contributed by atoms with Crippen LogP contribution in [0.4, 0.5) is 5.95 Å². The number of rotatable bonds is 8. The van der Waals surface area contributed by atoms with E-state index in [0.29, 0.717) is 39.8 Å². The third kappa shape index (κ3) is 4.76. The van der Waals surface area contributed by atoms with Gasteiger partial charge in [-0.2, -0.15) is 4.98 Å². The molecule has 3 aromatic rings. The highest BCUT2D eigenvalue weighted by atomic mass is 35.5. The molecule has 0 bridgehead atoms. The fourth-order valence-electron chi connectivity index (χ4n) is 3.53. The number of nitrogens with one attached hydrogen (secondary N) is 1. The van der Waals surface area contributed by atoms with Gasteiger partial charge in [-0.25, -0.2) is 4.68 Å². The second-order valence-corrected chi connectivity index (χ2v) is 8.93. The van der Waals surface area contributed by atoms with Crippen LogP contribution >= 0.6 is 23.4 Å². The van der Waals surface area contributed by atoms with Gasteiger partial charge in [0.1, 0.15) is 18.4 Å². The fourth-order valence-corrected chi connectivity index (χ4v) is 4.34. The molecule has 0 saturated carbocycles. The van der Waals surface area contributed by atoms with Crippen LogP contribution in [0.2, 0.25) is 5.02 Å². The summed E-state index contributed by atoms with van der Waals surface area (Å²) in [5.41, 5.74) is 8.73. The van der Waals surface area contributed by atoms with Crippen LogP contribution in [0, 0.1) is 0 Å². The first kappa shape index (κ1) is 22.2. The Morgan fingerprint density at radius 2 is 2.06 bits per heavy atom. The summed E-state index contributed by atoms with van der Waals surface area (Å²) in [6.07, 6.45) is 1.02. The molecule has 3 N–H and O–H groups in total. The summed E-state index contributed by atoms with van der Waals surface area (Å²) in [4.78, 5) is 17.0. The molecule has 1 aliphatic heterocycles. The first-order chi connectivity index (χ1) is 15.5. The van der Waals surface area contributed by atoms with Crippen LogP contribution < -0.4 is 15.8 Å². The number of allylic oxidation sites excluding steroid dienone is 1. The Labute approximate surface area is 196 Å². The molecule has 7 nitrogen and oxygen atoms in total. The number of nitrogens with two attached hydrogens (primary N) is 1. The first-order valence-electron chi connectivity index (χ1n) is 10.3. The van der Waals surface area contributed by atoms with E-state index in [-0.39, 0.29) is 0 Å². The topological polar surface area (TPSA) is 95.1 Å². The molecule has 0 aliphatic carbocycles. The van der Waals surface area contributed by atoms with Gasteiger partial charge in [0.05, 0.1) is 5.57 Å². The van der Waals surface area contributed by atoms with Gasteiger partial charge in [-0.05, 0) is 48.7 Å². The zero-order chi connectivity index (χ0) is 22.7. The quantitative estimate of drug-likeness (QED) is 0.461. The molecule has 0 spiro atoms. The molecular formula is C23H24ClN5O2S. The van der Waals surface area contributed by atoms with Crippen LogP contribution in [-0.2, 0) is 11.4 Å². The number of benzene rings is 2.